The van der Waals surface area contributed by atoms with Crippen LogP contribution in [-0.4, -0.2) is 124 Å². The van der Waals surface area contributed by atoms with Crippen LogP contribution < -0.4 is 0 Å². The van der Waals surface area contributed by atoms with Crippen LogP contribution in [0, 0.1) is 0 Å². The summed E-state index contributed by atoms with van der Waals surface area (Å²) in [4.78, 5) is 0. The van der Waals surface area contributed by atoms with Crippen LogP contribution in [0.5, 0.6) is 0 Å². The van der Waals surface area contributed by atoms with Gasteiger partial charge in [-0.25, -0.2) is 4.39 Å². The second kappa shape index (κ2) is 12.5. The van der Waals surface area contributed by atoms with Crippen LogP contribution in [0.25, 0.3) is 0 Å². The minimum absolute atomic E-state index is 0.0342. The molecule has 11 heteroatoms. The van der Waals surface area contributed by atoms with Crippen LogP contribution >= 0.6 is 0 Å². The summed E-state index contributed by atoms with van der Waals surface area (Å²) in [7, 11) is 10.6. The predicted octanol–water partition coefficient (Wildman–Crippen LogP) is 0.159. The van der Waals surface area contributed by atoms with Gasteiger partial charge in [-0.1, -0.05) is 0 Å². The fourth-order valence-corrected chi connectivity index (χ4v) is 4.10. The molecule has 0 aromatic carbocycles. The SMILES string of the molecule is COC[C@H]1O[C@H](OC[C@H]2O[C@H](F)[C@@H](OC)[C@@H](OC)[C@@H]2OC)[C@@H](OC)[C@@H](OC)[C@@H]1OC. The molecular weight excluding hydrogens is 407 g/mol. The number of ether oxygens (including phenoxy) is 10. The van der Waals surface area contributed by atoms with Gasteiger partial charge < -0.3 is 47.4 Å². The summed E-state index contributed by atoms with van der Waals surface area (Å²) in [6, 6.07) is 0. The van der Waals surface area contributed by atoms with Gasteiger partial charge in [0.15, 0.2) is 6.29 Å². The molecular formula is C19H35FO10. The second-order valence-corrected chi connectivity index (χ2v) is 7.06. The van der Waals surface area contributed by atoms with Crippen molar-refractivity contribution in [3.63, 3.8) is 0 Å². The third kappa shape index (κ3) is 5.47. The van der Waals surface area contributed by atoms with Crippen molar-refractivity contribution < 1.29 is 51.8 Å². The van der Waals surface area contributed by atoms with Gasteiger partial charge in [0.2, 0.25) is 6.36 Å². The molecule has 0 amide bonds. The summed E-state index contributed by atoms with van der Waals surface area (Å²) in [6.07, 6.45) is -7.43. The van der Waals surface area contributed by atoms with E-state index in [1.807, 2.05) is 0 Å². The van der Waals surface area contributed by atoms with Crippen LogP contribution in [0.1, 0.15) is 0 Å². The highest BCUT2D eigenvalue weighted by Gasteiger charge is 2.50. The van der Waals surface area contributed by atoms with Crippen molar-refractivity contribution in [2.45, 2.75) is 61.5 Å². The molecule has 0 aromatic rings. The Balaban J connectivity index is 2.12. The molecule has 178 valence electrons. The number of rotatable bonds is 11. The van der Waals surface area contributed by atoms with E-state index in [4.69, 9.17) is 47.4 Å². The van der Waals surface area contributed by atoms with Crippen molar-refractivity contribution in [2.75, 3.05) is 63.0 Å². The molecule has 2 aliphatic rings. The normalized spacial score (nSPS) is 42.4. The first-order valence-electron chi connectivity index (χ1n) is 9.73. The Morgan fingerprint density at radius 2 is 1.03 bits per heavy atom. The maximum absolute atomic E-state index is 14.5. The van der Waals surface area contributed by atoms with Gasteiger partial charge in [0, 0.05) is 49.8 Å². The fraction of sp³-hybridized carbons (Fsp3) is 1.00. The summed E-state index contributed by atoms with van der Waals surface area (Å²) in [5, 5.41) is 0. The molecule has 2 rings (SSSR count). The van der Waals surface area contributed by atoms with E-state index < -0.39 is 61.5 Å². The Kier molecular flexibility index (Phi) is 10.8. The number of hydrogen-bond acceptors (Lipinski definition) is 10. The summed E-state index contributed by atoms with van der Waals surface area (Å²) >= 11 is 0. The molecule has 0 aromatic heterocycles. The van der Waals surface area contributed by atoms with E-state index in [-0.39, 0.29) is 13.2 Å². The highest BCUT2D eigenvalue weighted by Crippen LogP contribution is 2.31. The largest absolute Gasteiger partial charge is 0.382 e. The highest BCUT2D eigenvalue weighted by atomic mass is 19.1. The Morgan fingerprint density at radius 1 is 0.567 bits per heavy atom. The second-order valence-electron chi connectivity index (χ2n) is 7.06. The van der Waals surface area contributed by atoms with Crippen molar-refractivity contribution in [3.8, 4) is 0 Å². The molecule has 2 saturated heterocycles. The number of halogens is 1. The van der Waals surface area contributed by atoms with Crippen molar-refractivity contribution in [1.29, 1.82) is 0 Å². The Morgan fingerprint density at radius 3 is 1.50 bits per heavy atom. The molecule has 0 spiro atoms. The van der Waals surface area contributed by atoms with E-state index in [2.05, 4.69) is 0 Å². The molecule has 10 nitrogen and oxygen atoms in total. The molecule has 0 unspecified atom stereocenters. The summed E-state index contributed by atoms with van der Waals surface area (Å²) in [5.41, 5.74) is 0. The smallest absolute Gasteiger partial charge is 0.228 e. The predicted molar refractivity (Wildman–Crippen MR) is 101 cm³/mol. The van der Waals surface area contributed by atoms with Crippen LogP contribution in [0.2, 0.25) is 0 Å². The Labute approximate surface area is 177 Å². The number of methoxy groups -OCH3 is 7. The molecule has 2 fully saturated rings. The third-order valence-corrected chi connectivity index (χ3v) is 5.56. The van der Waals surface area contributed by atoms with Gasteiger partial charge in [-0.05, 0) is 0 Å². The lowest BCUT2D eigenvalue weighted by Gasteiger charge is -2.46. The van der Waals surface area contributed by atoms with E-state index in [1.165, 1.54) is 28.4 Å². The van der Waals surface area contributed by atoms with Gasteiger partial charge in [-0.2, -0.15) is 0 Å². The van der Waals surface area contributed by atoms with Crippen molar-refractivity contribution >= 4 is 0 Å². The molecule has 0 bridgehead atoms. The van der Waals surface area contributed by atoms with Gasteiger partial charge in [-0.15, -0.1) is 0 Å². The van der Waals surface area contributed by atoms with Gasteiger partial charge in [0.25, 0.3) is 0 Å². The van der Waals surface area contributed by atoms with Crippen molar-refractivity contribution in [3.05, 3.63) is 0 Å². The third-order valence-electron chi connectivity index (χ3n) is 5.56. The lowest BCUT2D eigenvalue weighted by atomic mass is 9.97. The monoisotopic (exact) mass is 442 g/mol. The van der Waals surface area contributed by atoms with Crippen LogP contribution in [0.4, 0.5) is 4.39 Å². The first-order valence-corrected chi connectivity index (χ1v) is 9.73. The lowest BCUT2D eigenvalue weighted by molar-refractivity contribution is -0.330. The van der Waals surface area contributed by atoms with E-state index in [9.17, 15) is 4.39 Å². The lowest BCUT2D eigenvalue weighted by Crippen LogP contribution is -2.62. The zero-order valence-corrected chi connectivity index (χ0v) is 18.6. The number of alkyl halides is 1. The maximum Gasteiger partial charge on any atom is 0.228 e. The van der Waals surface area contributed by atoms with Gasteiger partial charge in [0.1, 0.15) is 48.8 Å². The topological polar surface area (TPSA) is 92.3 Å². The fourth-order valence-electron chi connectivity index (χ4n) is 4.10. The molecule has 0 radical (unpaired) electrons. The minimum Gasteiger partial charge on any atom is -0.382 e. The Hall–Kier alpha value is -0.470. The first-order chi connectivity index (χ1) is 14.5. The van der Waals surface area contributed by atoms with Crippen LogP contribution in [0.15, 0.2) is 0 Å². The standard InChI is InChI=1S/C19H35FO10/c1-21-8-10-12(22-2)15(25-5)17(27-7)19(30-10)28-9-11-13(23-3)14(24-4)16(26-6)18(20)29-11/h10-19H,8-9H2,1-7H3/t10-,11-,12-,13-,14+,15+,16+,17+,18+,19+/m1/s1. The van der Waals surface area contributed by atoms with E-state index in [1.54, 1.807) is 21.3 Å². The maximum atomic E-state index is 14.5. The van der Waals surface area contributed by atoms with Crippen molar-refractivity contribution in [2.24, 2.45) is 0 Å². The number of hydrogen-bond donors (Lipinski definition) is 0. The van der Waals surface area contributed by atoms with Gasteiger partial charge >= 0.3 is 0 Å². The molecule has 0 aliphatic carbocycles. The van der Waals surface area contributed by atoms with Gasteiger partial charge in [0.05, 0.1) is 13.2 Å². The van der Waals surface area contributed by atoms with E-state index in [0.717, 1.165) is 0 Å². The zero-order valence-electron chi connectivity index (χ0n) is 18.6. The Bertz CT molecular complexity index is 486. The average molecular weight is 442 g/mol. The van der Waals surface area contributed by atoms with Crippen LogP contribution in [0.3, 0.4) is 0 Å². The summed E-state index contributed by atoms with van der Waals surface area (Å²) < 4.78 is 70.0. The molecule has 0 N–H and O–H groups in total. The summed E-state index contributed by atoms with van der Waals surface area (Å²) in [6.45, 7) is 0.233. The molecule has 2 heterocycles. The average Bonchev–Trinajstić information content (AvgIpc) is 2.76. The summed E-state index contributed by atoms with van der Waals surface area (Å²) in [5.74, 6) is 0. The zero-order chi connectivity index (χ0) is 22.3. The van der Waals surface area contributed by atoms with E-state index in [0.29, 0.717) is 0 Å². The van der Waals surface area contributed by atoms with Crippen LogP contribution in [-0.2, 0) is 47.4 Å². The molecule has 30 heavy (non-hydrogen) atoms. The molecule has 2 aliphatic heterocycles. The minimum atomic E-state index is -1.70. The van der Waals surface area contributed by atoms with E-state index >= 15 is 0 Å². The highest BCUT2D eigenvalue weighted by molar-refractivity contribution is 4.94. The van der Waals surface area contributed by atoms with Crippen molar-refractivity contribution in [1.82, 2.24) is 0 Å². The van der Waals surface area contributed by atoms with Gasteiger partial charge in [-0.3, -0.25) is 0 Å². The quantitative estimate of drug-likeness (QED) is 0.441. The molecule has 10 atom stereocenters. The molecule has 0 saturated carbocycles. The first kappa shape index (κ1) is 25.8.